The smallest absolute Gasteiger partial charge is 0.407 e. The van der Waals surface area contributed by atoms with Gasteiger partial charge in [-0.2, -0.15) is 5.26 Å². The number of hydrogen-bond acceptors (Lipinski definition) is 3. The largest absolute Gasteiger partial charge is 0.444 e. The maximum absolute atomic E-state index is 11.2. The van der Waals surface area contributed by atoms with Crippen LogP contribution in [0, 0.1) is 17.2 Å². The first-order chi connectivity index (χ1) is 7.35. The third-order valence-electron chi connectivity index (χ3n) is 1.95. The molecule has 0 saturated carbocycles. The molecule has 0 aliphatic heterocycles. The molecule has 0 fully saturated rings. The van der Waals surface area contributed by atoms with Gasteiger partial charge >= 0.3 is 6.09 Å². The van der Waals surface area contributed by atoms with E-state index in [4.69, 9.17) is 10.00 Å². The summed E-state index contributed by atoms with van der Waals surface area (Å²) in [6.45, 7) is 8.01. The lowest BCUT2D eigenvalue weighted by molar-refractivity contribution is 0.0527. The van der Waals surface area contributed by atoms with Crippen molar-refractivity contribution in [1.82, 2.24) is 5.32 Å². The molecule has 4 nitrogen and oxygen atoms in total. The third-order valence-corrected chi connectivity index (χ3v) is 1.95. The second-order valence-corrected chi connectivity index (χ2v) is 4.95. The first-order valence-corrected chi connectivity index (χ1v) is 5.71. The average Bonchev–Trinajstić information content (AvgIpc) is 2.14. The summed E-state index contributed by atoms with van der Waals surface area (Å²) in [7, 11) is 0. The van der Waals surface area contributed by atoms with E-state index in [9.17, 15) is 4.79 Å². The number of carbonyl (C=O) groups is 1. The van der Waals surface area contributed by atoms with Crippen molar-refractivity contribution < 1.29 is 9.53 Å². The van der Waals surface area contributed by atoms with Gasteiger partial charge in [0.1, 0.15) is 5.60 Å². The van der Waals surface area contributed by atoms with Crippen LogP contribution in [0.4, 0.5) is 4.79 Å². The van der Waals surface area contributed by atoms with Gasteiger partial charge in [0.2, 0.25) is 0 Å². The number of rotatable bonds is 5. The molecule has 0 aromatic rings. The molecule has 0 aromatic heterocycles. The zero-order chi connectivity index (χ0) is 12.6. The Morgan fingerprint density at radius 3 is 2.56 bits per heavy atom. The van der Waals surface area contributed by atoms with Gasteiger partial charge in [0.15, 0.2) is 0 Å². The summed E-state index contributed by atoms with van der Waals surface area (Å²) in [6, 6.07) is 2.18. The van der Waals surface area contributed by atoms with Crippen LogP contribution in [0.2, 0.25) is 0 Å². The Balaban J connectivity index is 3.46. The molecule has 0 unspecified atom stereocenters. The Morgan fingerprint density at radius 2 is 2.06 bits per heavy atom. The Hall–Kier alpha value is -1.24. The fraction of sp³-hybridized carbons (Fsp3) is 0.833. The number of unbranched alkanes of at least 4 members (excludes halogenated alkanes) is 1. The number of nitrogens with one attached hydrogen (secondary N) is 1. The number of nitrogens with zero attached hydrogens (tertiary/aromatic N) is 1. The van der Waals surface area contributed by atoms with Crippen molar-refractivity contribution in [3.8, 4) is 6.07 Å². The predicted molar refractivity (Wildman–Crippen MR) is 62.9 cm³/mol. The molecule has 0 spiro atoms. The first-order valence-electron chi connectivity index (χ1n) is 5.71. The Kier molecular flexibility index (Phi) is 6.55. The van der Waals surface area contributed by atoms with E-state index in [1.807, 2.05) is 27.7 Å². The second-order valence-electron chi connectivity index (χ2n) is 4.95. The van der Waals surface area contributed by atoms with Crippen LogP contribution in [-0.2, 0) is 4.74 Å². The molecule has 0 rings (SSSR count). The molecule has 0 heterocycles. The molecule has 1 atom stereocenters. The van der Waals surface area contributed by atoms with E-state index in [0.717, 1.165) is 19.3 Å². The van der Waals surface area contributed by atoms with Gasteiger partial charge in [-0.25, -0.2) is 4.79 Å². The van der Waals surface area contributed by atoms with Gasteiger partial charge in [0, 0.05) is 12.5 Å². The Morgan fingerprint density at radius 1 is 1.44 bits per heavy atom. The van der Waals surface area contributed by atoms with Gasteiger partial charge in [0.05, 0.1) is 6.07 Å². The van der Waals surface area contributed by atoms with Gasteiger partial charge in [-0.3, -0.25) is 0 Å². The number of carbonyl (C=O) groups excluding carboxylic acids is 1. The summed E-state index contributed by atoms with van der Waals surface area (Å²) in [4.78, 5) is 11.2. The maximum Gasteiger partial charge on any atom is 0.407 e. The lowest BCUT2D eigenvalue weighted by Crippen LogP contribution is -2.33. The standard InChI is InChI=1S/C12H22N2O2/c1-10(9-13)7-5-6-8-14-11(15)16-12(2,3)4/h10H,5-8H2,1-4H3,(H,14,15)/t10-/m0/s1. The normalized spacial score (nSPS) is 12.7. The van der Waals surface area contributed by atoms with Crippen LogP contribution in [0.1, 0.15) is 47.0 Å². The van der Waals surface area contributed by atoms with Crippen LogP contribution < -0.4 is 5.32 Å². The number of nitriles is 1. The number of hydrogen-bond donors (Lipinski definition) is 1. The fourth-order valence-corrected chi connectivity index (χ4v) is 1.14. The molecule has 0 aliphatic rings. The van der Waals surface area contributed by atoms with E-state index >= 15 is 0 Å². The van der Waals surface area contributed by atoms with Gasteiger partial charge in [-0.05, 0) is 40.5 Å². The summed E-state index contributed by atoms with van der Waals surface area (Å²) in [5.41, 5.74) is -0.445. The van der Waals surface area contributed by atoms with Crippen molar-refractivity contribution in [3.63, 3.8) is 0 Å². The van der Waals surface area contributed by atoms with Crippen molar-refractivity contribution in [3.05, 3.63) is 0 Å². The van der Waals surface area contributed by atoms with E-state index in [2.05, 4.69) is 11.4 Å². The van der Waals surface area contributed by atoms with Crippen molar-refractivity contribution in [2.24, 2.45) is 5.92 Å². The zero-order valence-corrected chi connectivity index (χ0v) is 10.7. The van der Waals surface area contributed by atoms with Crippen molar-refractivity contribution in [2.45, 2.75) is 52.6 Å². The summed E-state index contributed by atoms with van der Waals surface area (Å²) >= 11 is 0. The van der Waals surface area contributed by atoms with E-state index < -0.39 is 5.60 Å². The highest BCUT2D eigenvalue weighted by molar-refractivity contribution is 5.67. The van der Waals surface area contributed by atoms with Gasteiger partial charge in [-0.1, -0.05) is 6.42 Å². The highest BCUT2D eigenvalue weighted by Crippen LogP contribution is 2.07. The predicted octanol–water partition coefficient (Wildman–Crippen LogP) is 2.84. The van der Waals surface area contributed by atoms with E-state index in [1.54, 1.807) is 0 Å². The summed E-state index contributed by atoms with van der Waals surface area (Å²) in [5.74, 6) is 0.0986. The van der Waals surface area contributed by atoms with Crippen molar-refractivity contribution in [1.29, 1.82) is 5.26 Å². The molecule has 0 aliphatic carbocycles. The van der Waals surface area contributed by atoms with Gasteiger partial charge in [-0.15, -0.1) is 0 Å². The molecule has 1 amide bonds. The fourth-order valence-electron chi connectivity index (χ4n) is 1.14. The second kappa shape index (κ2) is 7.10. The molecule has 1 N–H and O–H groups in total. The number of amides is 1. The molecule has 0 radical (unpaired) electrons. The Labute approximate surface area is 98.0 Å². The number of alkyl carbamates (subject to hydrolysis) is 1. The Bertz CT molecular complexity index is 251. The van der Waals surface area contributed by atoms with E-state index in [0.29, 0.717) is 6.54 Å². The molecular weight excluding hydrogens is 204 g/mol. The van der Waals surface area contributed by atoms with Crippen LogP contribution in [0.15, 0.2) is 0 Å². The van der Waals surface area contributed by atoms with Crippen LogP contribution in [0.3, 0.4) is 0 Å². The molecule has 92 valence electrons. The molecule has 0 aromatic carbocycles. The van der Waals surface area contributed by atoms with Gasteiger partial charge < -0.3 is 10.1 Å². The third kappa shape index (κ3) is 9.32. The minimum Gasteiger partial charge on any atom is -0.444 e. The lowest BCUT2D eigenvalue weighted by atomic mass is 10.1. The maximum atomic E-state index is 11.2. The topological polar surface area (TPSA) is 62.1 Å². The molecule has 16 heavy (non-hydrogen) atoms. The van der Waals surface area contributed by atoms with Crippen molar-refractivity contribution >= 4 is 6.09 Å². The average molecular weight is 226 g/mol. The van der Waals surface area contributed by atoms with Crippen LogP contribution in [0.5, 0.6) is 0 Å². The SMILES string of the molecule is C[C@H](C#N)CCCCNC(=O)OC(C)(C)C. The highest BCUT2D eigenvalue weighted by atomic mass is 16.6. The number of ether oxygens (including phenoxy) is 1. The molecule has 0 bridgehead atoms. The molecule has 4 heteroatoms. The zero-order valence-electron chi connectivity index (χ0n) is 10.7. The van der Waals surface area contributed by atoms with E-state index in [-0.39, 0.29) is 12.0 Å². The van der Waals surface area contributed by atoms with Gasteiger partial charge in [0.25, 0.3) is 0 Å². The van der Waals surface area contributed by atoms with Crippen molar-refractivity contribution in [2.75, 3.05) is 6.54 Å². The summed E-state index contributed by atoms with van der Waals surface area (Å²) in [5, 5.41) is 11.3. The molecular formula is C12H22N2O2. The first kappa shape index (κ1) is 14.8. The monoisotopic (exact) mass is 226 g/mol. The van der Waals surface area contributed by atoms with E-state index in [1.165, 1.54) is 0 Å². The van der Waals surface area contributed by atoms with Crippen LogP contribution in [0.25, 0.3) is 0 Å². The quantitative estimate of drug-likeness (QED) is 0.733. The summed E-state index contributed by atoms with van der Waals surface area (Å²) < 4.78 is 5.08. The summed E-state index contributed by atoms with van der Waals surface area (Å²) in [6.07, 6.45) is 2.34. The van der Waals surface area contributed by atoms with Crippen LogP contribution >= 0.6 is 0 Å². The molecule has 0 saturated heterocycles. The minimum absolute atomic E-state index is 0.0986. The van der Waals surface area contributed by atoms with Crippen LogP contribution in [-0.4, -0.2) is 18.2 Å². The highest BCUT2D eigenvalue weighted by Gasteiger charge is 2.15. The lowest BCUT2D eigenvalue weighted by Gasteiger charge is -2.19. The minimum atomic E-state index is -0.445.